The van der Waals surface area contributed by atoms with Crippen LogP contribution in [-0.4, -0.2) is 17.7 Å². The van der Waals surface area contributed by atoms with Gasteiger partial charge in [0.1, 0.15) is 11.6 Å². The molecule has 0 heterocycles. The van der Waals surface area contributed by atoms with E-state index in [0.29, 0.717) is 6.08 Å². The minimum Gasteiger partial charge on any atom is -0.507 e. The van der Waals surface area contributed by atoms with Crippen molar-refractivity contribution in [1.82, 2.24) is 0 Å². The summed E-state index contributed by atoms with van der Waals surface area (Å²) in [5, 5.41) is 9.65. The van der Waals surface area contributed by atoms with Crippen molar-refractivity contribution in [1.29, 1.82) is 0 Å². The second-order valence-corrected chi connectivity index (χ2v) is 3.85. The number of aliphatic hydroxyl groups is 1. The molecule has 104 valence electrons. The molecule has 1 aromatic carbocycles. The Labute approximate surface area is 108 Å². The molecule has 6 heteroatoms. The molecular formula is C13H13F3O3. The maximum Gasteiger partial charge on any atom is 0.334 e. The van der Waals surface area contributed by atoms with Gasteiger partial charge in [-0.3, -0.25) is 0 Å². The van der Waals surface area contributed by atoms with Crippen LogP contribution in [0.4, 0.5) is 13.2 Å². The summed E-state index contributed by atoms with van der Waals surface area (Å²) in [5.41, 5.74) is -1.54. The summed E-state index contributed by atoms with van der Waals surface area (Å²) < 4.78 is 45.1. The van der Waals surface area contributed by atoms with E-state index < -0.39 is 45.9 Å². The first-order chi connectivity index (χ1) is 8.81. The van der Waals surface area contributed by atoms with Gasteiger partial charge in [0.15, 0.2) is 11.6 Å². The number of hydrogen-bond acceptors (Lipinski definition) is 3. The maximum atomic E-state index is 13.8. The van der Waals surface area contributed by atoms with Crippen LogP contribution in [0.25, 0.3) is 5.76 Å². The molecule has 19 heavy (non-hydrogen) atoms. The molecule has 3 nitrogen and oxygen atoms in total. The highest BCUT2D eigenvalue weighted by Crippen LogP contribution is 2.28. The number of benzene rings is 1. The molecular weight excluding hydrogens is 261 g/mol. The second-order valence-electron chi connectivity index (χ2n) is 3.85. The van der Waals surface area contributed by atoms with E-state index in [2.05, 4.69) is 4.74 Å². The molecule has 0 amide bonds. The van der Waals surface area contributed by atoms with Crippen LogP contribution in [-0.2, 0) is 9.53 Å². The molecule has 0 atom stereocenters. The van der Waals surface area contributed by atoms with Crippen LogP contribution in [0.15, 0.2) is 6.08 Å². The molecule has 0 bridgehead atoms. The van der Waals surface area contributed by atoms with E-state index >= 15 is 0 Å². The molecule has 0 spiro atoms. The second kappa shape index (κ2) is 5.77. The first-order valence-corrected chi connectivity index (χ1v) is 5.52. The lowest BCUT2D eigenvalue weighted by Gasteiger charge is -2.11. The van der Waals surface area contributed by atoms with Gasteiger partial charge >= 0.3 is 5.97 Å². The summed E-state index contributed by atoms with van der Waals surface area (Å²) in [7, 11) is 0. The molecule has 0 aliphatic rings. The fourth-order valence-electron chi connectivity index (χ4n) is 1.56. The summed E-state index contributed by atoms with van der Waals surface area (Å²) in [6.45, 7) is 3.76. The van der Waals surface area contributed by atoms with Crippen molar-refractivity contribution in [2.45, 2.75) is 20.8 Å². The standard InChI is InChI=1S/C13H13F3O3/c1-4-19-9(18)5-8(17)10-6(2)12(15)13(16)7(3)11(10)14/h5,17H,4H2,1-3H3/b8-5-. The SMILES string of the molecule is CCOC(=O)/C=C(\O)c1c(C)c(F)c(F)c(C)c1F. The molecule has 0 saturated carbocycles. The Morgan fingerprint density at radius 2 is 1.68 bits per heavy atom. The molecule has 1 rings (SSSR count). The number of halogens is 3. The van der Waals surface area contributed by atoms with Crippen molar-refractivity contribution in [2.24, 2.45) is 0 Å². The van der Waals surface area contributed by atoms with E-state index in [1.54, 1.807) is 6.92 Å². The Bertz CT molecular complexity index is 522. The van der Waals surface area contributed by atoms with Gasteiger partial charge in [0.2, 0.25) is 0 Å². The first-order valence-electron chi connectivity index (χ1n) is 5.52. The fraction of sp³-hybridized carbons (Fsp3) is 0.308. The van der Waals surface area contributed by atoms with E-state index in [9.17, 15) is 23.1 Å². The third-order valence-electron chi connectivity index (χ3n) is 2.57. The van der Waals surface area contributed by atoms with E-state index in [1.807, 2.05) is 0 Å². The molecule has 1 N–H and O–H groups in total. The molecule has 0 aliphatic carbocycles. The largest absolute Gasteiger partial charge is 0.507 e. The summed E-state index contributed by atoms with van der Waals surface area (Å²) in [5.74, 6) is -5.41. The topological polar surface area (TPSA) is 46.5 Å². The summed E-state index contributed by atoms with van der Waals surface area (Å²) in [4.78, 5) is 11.1. The Hall–Kier alpha value is -1.98. The number of carbonyl (C=O) groups is 1. The van der Waals surface area contributed by atoms with Crippen molar-refractivity contribution in [3.63, 3.8) is 0 Å². The van der Waals surface area contributed by atoms with Crippen molar-refractivity contribution >= 4 is 11.7 Å². The zero-order chi connectivity index (χ0) is 14.7. The minimum absolute atomic E-state index is 0.0703. The van der Waals surface area contributed by atoms with E-state index in [4.69, 9.17) is 0 Å². The molecule has 0 radical (unpaired) electrons. The number of esters is 1. The average molecular weight is 274 g/mol. The highest BCUT2D eigenvalue weighted by Gasteiger charge is 2.22. The van der Waals surface area contributed by atoms with E-state index in [0.717, 1.165) is 13.8 Å². The zero-order valence-electron chi connectivity index (χ0n) is 10.7. The van der Waals surface area contributed by atoms with Crippen LogP contribution < -0.4 is 0 Å². The Morgan fingerprint density at radius 1 is 1.16 bits per heavy atom. The first kappa shape index (κ1) is 15.1. The molecule has 0 unspecified atom stereocenters. The average Bonchev–Trinajstić information content (AvgIpc) is 2.34. The zero-order valence-corrected chi connectivity index (χ0v) is 10.7. The fourth-order valence-corrected chi connectivity index (χ4v) is 1.56. The third-order valence-corrected chi connectivity index (χ3v) is 2.57. The van der Waals surface area contributed by atoms with Gasteiger partial charge in [0, 0.05) is 11.1 Å². The van der Waals surface area contributed by atoms with Crippen molar-refractivity contribution in [3.8, 4) is 0 Å². The maximum absolute atomic E-state index is 13.8. The van der Waals surface area contributed by atoms with Gasteiger partial charge in [-0.25, -0.2) is 18.0 Å². The lowest BCUT2D eigenvalue weighted by Crippen LogP contribution is -2.07. The third kappa shape index (κ3) is 2.89. The predicted molar refractivity (Wildman–Crippen MR) is 63.0 cm³/mol. The van der Waals surface area contributed by atoms with Gasteiger partial charge in [0.25, 0.3) is 0 Å². The van der Waals surface area contributed by atoms with Gasteiger partial charge in [-0.15, -0.1) is 0 Å². The number of hydrogen-bond donors (Lipinski definition) is 1. The van der Waals surface area contributed by atoms with Crippen LogP contribution in [0.2, 0.25) is 0 Å². The quantitative estimate of drug-likeness (QED) is 0.398. The van der Waals surface area contributed by atoms with E-state index in [1.165, 1.54) is 0 Å². The van der Waals surface area contributed by atoms with Crippen molar-refractivity contribution in [2.75, 3.05) is 6.61 Å². The number of aliphatic hydroxyl groups excluding tert-OH is 1. The number of rotatable bonds is 3. The predicted octanol–water partition coefficient (Wildman–Crippen LogP) is 3.18. The van der Waals surface area contributed by atoms with Crippen LogP contribution in [0.5, 0.6) is 0 Å². The molecule has 1 aromatic rings. The Balaban J connectivity index is 3.39. The number of ether oxygens (including phenoxy) is 1. The molecule has 0 aliphatic heterocycles. The van der Waals surface area contributed by atoms with Crippen LogP contribution >= 0.6 is 0 Å². The monoisotopic (exact) mass is 274 g/mol. The highest BCUT2D eigenvalue weighted by atomic mass is 19.2. The molecule has 0 fully saturated rings. The van der Waals surface area contributed by atoms with Crippen LogP contribution in [0.3, 0.4) is 0 Å². The van der Waals surface area contributed by atoms with Gasteiger partial charge in [-0.05, 0) is 20.8 Å². The summed E-state index contributed by atoms with van der Waals surface area (Å²) >= 11 is 0. The van der Waals surface area contributed by atoms with Crippen molar-refractivity contribution in [3.05, 3.63) is 40.2 Å². The van der Waals surface area contributed by atoms with Crippen LogP contribution in [0, 0.1) is 31.3 Å². The summed E-state index contributed by atoms with van der Waals surface area (Å²) in [6, 6.07) is 0. The normalized spacial score (nSPS) is 11.6. The van der Waals surface area contributed by atoms with Gasteiger partial charge in [-0.1, -0.05) is 0 Å². The molecule has 0 saturated heterocycles. The lowest BCUT2D eigenvalue weighted by atomic mass is 10.0. The van der Waals surface area contributed by atoms with Crippen molar-refractivity contribution < 1.29 is 27.8 Å². The highest BCUT2D eigenvalue weighted by molar-refractivity contribution is 5.89. The lowest BCUT2D eigenvalue weighted by molar-refractivity contribution is -0.137. The van der Waals surface area contributed by atoms with Gasteiger partial charge < -0.3 is 9.84 Å². The van der Waals surface area contributed by atoms with Gasteiger partial charge in [-0.2, -0.15) is 0 Å². The molecule has 0 aromatic heterocycles. The smallest absolute Gasteiger partial charge is 0.334 e. The Morgan fingerprint density at radius 3 is 2.21 bits per heavy atom. The van der Waals surface area contributed by atoms with Crippen LogP contribution in [0.1, 0.15) is 23.6 Å². The minimum atomic E-state index is -1.32. The summed E-state index contributed by atoms with van der Waals surface area (Å²) in [6.07, 6.45) is 0.617. The van der Waals surface area contributed by atoms with E-state index in [-0.39, 0.29) is 6.61 Å². The number of carbonyl (C=O) groups excluding carboxylic acids is 1. The van der Waals surface area contributed by atoms with Gasteiger partial charge in [0.05, 0.1) is 18.2 Å². The Kier molecular flexibility index (Phi) is 4.58.